The molecule has 2 N–H and O–H groups in total. The summed E-state index contributed by atoms with van der Waals surface area (Å²) in [4.78, 5) is 2.27. The van der Waals surface area contributed by atoms with Gasteiger partial charge < -0.3 is 4.90 Å². The Morgan fingerprint density at radius 2 is 1.17 bits per heavy atom. The van der Waals surface area contributed by atoms with Crippen molar-refractivity contribution in [3.05, 3.63) is 163 Å². The fraction of sp³-hybridized carbons (Fsp3) is 0. The Hall–Kier alpha value is -5.74. The first kappa shape index (κ1) is 25.2. The molecule has 0 saturated carbocycles. The summed E-state index contributed by atoms with van der Waals surface area (Å²) in [5.74, 6) is 0. The van der Waals surface area contributed by atoms with Crippen LogP contribution in [0.25, 0.3) is 28.0 Å². The Kier molecular flexibility index (Phi) is 6.63. The molecule has 42 heavy (non-hydrogen) atoms. The average molecular weight is 541 g/mol. The van der Waals surface area contributed by atoms with Gasteiger partial charge in [0.1, 0.15) is 5.71 Å². The van der Waals surface area contributed by atoms with Crippen molar-refractivity contribution in [1.82, 2.24) is 0 Å². The predicted octanol–water partition coefficient (Wildman–Crippen LogP) is 9.84. The summed E-state index contributed by atoms with van der Waals surface area (Å²) in [6, 6.07) is 50.1. The quantitative estimate of drug-likeness (QED) is 0.207. The standard InChI is InChI=1S/C38H28N4/c39-38-36(41-40-31-12-6-2-7-13-31)25-20-29-16-17-30-26-34(23-24-35(30)37(29)38)42(32-14-8-3-9-15-32)33-21-18-28(19-22-33)27-10-4-1-5-11-27/h1-26,39-40H/b39-38?,41-36-. The third kappa shape index (κ3) is 4.87. The number of para-hydroxylation sites is 2. The number of allylic oxidation sites excluding steroid dienone is 1. The second-order valence-electron chi connectivity index (χ2n) is 10.2. The van der Waals surface area contributed by atoms with Crippen LogP contribution in [0.15, 0.2) is 157 Å². The normalized spacial score (nSPS) is 13.2. The first-order valence-corrected chi connectivity index (χ1v) is 14.0. The summed E-state index contributed by atoms with van der Waals surface area (Å²) in [5.41, 5.74) is 12.5. The summed E-state index contributed by atoms with van der Waals surface area (Å²) in [5, 5.41) is 15.7. The lowest BCUT2D eigenvalue weighted by molar-refractivity contribution is 1.29. The Labute approximate surface area is 245 Å². The minimum Gasteiger partial charge on any atom is -0.310 e. The van der Waals surface area contributed by atoms with Gasteiger partial charge in [0, 0.05) is 22.6 Å². The molecule has 6 aromatic carbocycles. The zero-order valence-corrected chi connectivity index (χ0v) is 22.9. The molecular formula is C38H28N4. The van der Waals surface area contributed by atoms with E-state index < -0.39 is 0 Å². The van der Waals surface area contributed by atoms with Crippen molar-refractivity contribution in [3.8, 4) is 11.1 Å². The molecule has 0 saturated heterocycles. The van der Waals surface area contributed by atoms with Crippen molar-refractivity contribution < 1.29 is 0 Å². The molecule has 4 heteroatoms. The average Bonchev–Trinajstić information content (AvgIpc) is 3.06. The first-order valence-electron chi connectivity index (χ1n) is 14.0. The predicted molar refractivity (Wildman–Crippen MR) is 177 cm³/mol. The highest BCUT2D eigenvalue weighted by Gasteiger charge is 2.20. The molecule has 0 bridgehead atoms. The van der Waals surface area contributed by atoms with Crippen molar-refractivity contribution >= 4 is 51.0 Å². The summed E-state index contributed by atoms with van der Waals surface area (Å²) in [6.45, 7) is 0. The van der Waals surface area contributed by atoms with Crippen LogP contribution >= 0.6 is 0 Å². The number of benzene rings is 6. The Bertz CT molecular complexity index is 1940. The molecule has 6 aromatic rings. The lowest BCUT2D eigenvalue weighted by Crippen LogP contribution is -2.19. The van der Waals surface area contributed by atoms with E-state index in [0.717, 1.165) is 44.6 Å². The molecular weight excluding hydrogens is 512 g/mol. The summed E-state index contributed by atoms with van der Waals surface area (Å²) in [6.07, 6.45) is 3.94. The van der Waals surface area contributed by atoms with E-state index >= 15 is 0 Å². The molecule has 0 aromatic heterocycles. The maximum atomic E-state index is 9.04. The summed E-state index contributed by atoms with van der Waals surface area (Å²) >= 11 is 0. The van der Waals surface area contributed by atoms with Crippen LogP contribution in [-0.4, -0.2) is 11.4 Å². The van der Waals surface area contributed by atoms with E-state index in [1.54, 1.807) is 0 Å². The monoisotopic (exact) mass is 540 g/mol. The fourth-order valence-electron chi connectivity index (χ4n) is 5.46. The zero-order valence-electron chi connectivity index (χ0n) is 22.9. The lowest BCUT2D eigenvalue weighted by Gasteiger charge is -2.26. The Balaban J connectivity index is 1.27. The molecule has 0 unspecified atom stereocenters. The van der Waals surface area contributed by atoms with E-state index in [0.29, 0.717) is 11.4 Å². The van der Waals surface area contributed by atoms with Crippen LogP contribution < -0.4 is 10.3 Å². The number of hydrogen-bond donors (Lipinski definition) is 2. The molecule has 0 fully saturated rings. The summed E-state index contributed by atoms with van der Waals surface area (Å²) in [7, 11) is 0. The molecule has 7 rings (SSSR count). The topological polar surface area (TPSA) is 51.5 Å². The van der Waals surface area contributed by atoms with Crippen molar-refractivity contribution in [2.45, 2.75) is 0 Å². The van der Waals surface area contributed by atoms with E-state index in [9.17, 15) is 0 Å². The van der Waals surface area contributed by atoms with Crippen LogP contribution in [0.3, 0.4) is 0 Å². The van der Waals surface area contributed by atoms with Gasteiger partial charge in [0.15, 0.2) is 0 Å². The van der Waals surface area contributed by atoms with Gasteiger partial charge in [0.05, 0.1) is 11.4 Å². The largest absolute Gasteiger partial charge is 0.310 e. The SMILES string of the molecule is N=C1/C(=N\Nc2ccccc2)C=Cc2ccc3cc(N(c4ccccc4)c4ccc(-c5ccccc5)cc4)ccc3c21. The van der Waals surface area contributed by atoms with Crippen molar-refractivity contribution in [2.24, 2.45) is 5.10 Å². The van der Waals surface area contributed by atoms with Gasteiger partial charge in [-0.05, 0) is 82.1 Å². The van der Waals surface area contributed by atoms with Crippen LogP contribution in [0, 0.1) is 5.41 Å². The zero-order chi connectivity index (χ0) is 28.3. The van der Waals surface area contributed by atoms with Crippen molar-refractivity contribution in [3.63, 3.8) is 0 Å². The third-order valence-electron chi connectivity index (χ3n) is 7.55. The van der Waals surface area contributed by atoms with Crippen LogP contribution in [0.4, 0.5) is 22.7 Å². The molecule has 1 aliphatic carbocycles. The highest BCUT2D eigenvalue weighted by Crippen LogP contribution is 2.38. The van der Waals surface area contributed by atoms with E-state index in [-0.39, 0.29) is 0 Å². The molecule has 4 nitrogen and oxygen atoms in total. The second-order valence-corrected chi connectivity index (χ2v) is 10.2. The van der Waals surface area contributed by atoms with Gasteiger partial charge in [-0.2, -0.15) is 5.10 Å². The molecule has 0 heterocycles. The van der Waals surface area contributed by atoms with Gasteiger partial charge in [0.25, 0.3) is 0 Å². The van der Waals surface area contributed by atoms with Crippen molar-refractivity contribution in [1.29, 1.82) is 5.41 Å². The number of anilines is 4. The molecule has 0 radical (unpaired) electrons. The third-order valence-corrected chi connectivity index (χ3v) is 7.55. The van der Waals surface area contributed by atoms with Crippen LogP contribution in [0.2, 0.25) is 0 Å². The van der Waals surface area contributed by atoms with Crippen LogP contribution in [-0.2, 0) is 0 Å². The Morgan fingerprint density at radius 3 is 1.90 bits per heavy atom. The van der Waals surface area contributed by atoms with E-state index in [2.05, 4.69) is 119 Å². The maximum absolute atomic E-state index is 9.04. The van der Waals surface area contributed by atoms with Gasteiger partial charge in [-0.3, -0.25) is 10.8 Å². The number of hydrogen-bond acceptors (Lipinski definition) is 4. The summed E-state index contributed by atoms with van der Waals surface area (Å²) < 4.78 is 0. The van der Waals surface area contributed by atoms with Crippen LogP contribution in [0.5, 0.6) is 0 Å². The fourth-order valence-corrected chi connectivity index (χ4v) is 5.46. The van der Waals surface area contributed by atoms with Gasteiger partial charge in [-0.15, -0.1) is 0 Å². The first-order chi connectivity index (χ1) is 20.7. The van der Waals surface area contributed by atoms with E-state index in [4.69, 9.17) is 5.41 Å². The maximum Gasteiger partial charge on any atom is 0.109 e. The van der Waals surface area contributed by atoms with Gasteiger partial charge in [-0.1, -0.05) is 103 Å². The molecule has 0 aliphatic heterocycles. The van der Waals surface area contributed by atoms with Crippen molar-refractivity contribution in [2.75, 3.05) is 10.3 Å². The highest BCUT2D eigenvalue weighted by atomic mass is 15.3. The highest BCUT2D eigenvalue weighted by molar-refractivity contribution is 6.55. The molecule has 1 aliphatic rings. The van der Waals surface area contributed by atoms with Gasteiger partial charge in [-0.25, -0.2) is 0 Å². The number of rotatable bonds is 6. The van der Waals surface area contributed by atoms with Gasteiger partial charge >= 0.3 is 0 Å². The van der Waals surface area contributed by atoms with Gasteiger partial charge in [0.2, 0.25) is 0 Å². The minimum absolute atomic E-state index is 0.408. The van der Waals surface area contributed by atoms with E-state index in [1.165, 1.54) is 11.1 Å². The molecule has 0 spiro atoms. The smallest absolute Gasteiger partial charge is 0.109 e. The number of hydrazone groups is 1. The lowest BCUT2D eigenvalue weighted by atomic mass is 9.89. The van der Waals surface area contributed by atoms with Crippen LogP contribution in [0.1, 0.15) is 11.1 Å². The number of nitrogens with zero attached hydrogens (tertiary/aromatic N) is 2. The molecule has 0 atom stereocenters. The molecule has 0 amide bonds. The van der Waals surface area contributed by atoms with E-state index in [1.807, 2.05) is 54.6 Å². The minimum atomic E-state index is 0.408. The number of nitrogens with one attached hydrogen (secondary N) is 2. The number of fused-ring (bicyclic) bond motifs is 3. The Morgan fingerprint density at radius 1 is 0.548 bits per heavy atom. The molecule has 200 valence electrons. The second kappa shape index (κ2) is 11.0.